The Bertz CT molecular complexity index is 892. The van der Waals surface area contributed by atoms with Gasteiger partial charge in [0.25, 0.3) is 0 Å². The molecule has 110 valence electrons. The quantitative estimate of drug-likeness (QED) is 0.751. The van der Waals surface area contributed by atoms with Crippen LogP contribution in [-0.4, -0.2) is 22.3 Å². The molecular formula is C16H13ClN4O. The maximum absolute atomic E-state index is 11.8. The van der Waals surface area contributed by atoms with Crippen molar-refractivity contribution in [2.24, 2.45) is 0 Å². The van der Waals surface area contributed by atoms with Crippen LogP contribution in [-0.2, 0) is 11.2 Å². The van der Waals surface area contributed by atoms with Gasteiger partial charge in [-0.15, -0.1) is 0 Å². The zero-order valence-electron chi connectivity index (χ0n) is 11.9. The molecule has 1 aromatic carbocycles. The second-order valence-electron chi connectivity index (χ2n) is 5.44. The third-order valence-electron chi connectivity index (χ3n) is 4.02. The molecule has 1 amide bonds. The zero-order valence-corrected chi connectivity index (χ0v) is 12.6. The largest absolute Gasteiger partial charge is 0.396 e. The second-order valence-corrected chi connectivity index (χ2v) is 5.85. The maximum Gasteiger partial charge on any atom is 0.231 e. The number of amides is 1. The van der Waals surface area contributed by atoms with Gasteiger partial charge in [0.05, 0.1) is 22.8 Å². The number of likely N-dealkylation sites (N-methyl/N-ethyl adjacent to an activating group) is 1. The lowest BCUT2D eigenvalue weighted by atomic mass is 10.1. The van der Waals surface area contributed by atoms with E-state index in [4.69, 9.17) is 17.3 Å². The fourth-order valence-corrected chi connectivity index (χ4v) is 2.94. The molecule has 0 spiro atoms. The van der Waals surface area contributed by atoms with Gasteiger partial charge < -0.3 is 15.0 Å². The fraction of sp³-hybridized carbons (Fsp3) is 0.125. The molecule has 22 heavy (non-hydrogen) atoms. The molecule has 0 aliphatic carbocycles. The molecule has 0 radical (unpaired) electrons. The van der Waals surface area contributed by atoms with Crippen molar-refractivity contribution >= 4 is 34.5 Å². The minimum atomic E-state index is 0.113. The van der Waals surface area contributed by atoms with Gasteiger partial charge in [0.2, 0.25) is 5.91 Å². The van der Waals surface area contributed by atoms with Crippen LogP contribution in [0.3, 0.4) is 0 Å². The molecule has 5 nitrogen and oxygen atoms in total. The Kier molecular flexibility index (Phi) is 2.68. The van der Waals surface area contributed by atoms with E-state index in [-0.39, 0.29) is 5.91 Å². The highest BCUT2D eigenvalue weighted by Gasteiger charge is 2.24. The first-order valence-electron chi connectivity index (χ1n) is 6.86. The molecule has 3 aromatic rings. The number of aromatic nitrogens is 2. The fourth-order valence-electron chi connectivity index (χ4n) is 2.79. The number of carbonyl (C=O) groups is 1. The highest BCUT2D eigenvalue weighted by Crippen LogP contribution is 2.32. The molecule has 3 heterocycles. The summed E-state index contributed by atoms with van der Waals surface area (Å²) in [4.78, 5) is 18.0. The molecule has 2 N–H and O–H groups in total. The number of rotatable bonds is 1. The lowest BCUT2D eigenvalue weighted by molar-refractivity contribution is -0.117. The number of fused-ring (bicyclic) bond motifs is 2. The van der Waals surface area contributed by atoms with Crippen LogP contribution < -0.4 is 10.6 Å². The van der Waals surface area contributed by atoms with Crippen LogP contribution in [0.25, 0.3) is 16.9 Å². The molecule has 0 bridgehead atoms. The number of nitrogens with two attached hydrogens (primary N) is 1. The van der Waals surface area contributed by atoms with Crippen LogP contribution >= 0.6 is 11.6 Å². The smallest absolute Gasteiger partial charge is 0.231 e. The minimum absolute atomic E-state index is 0.113. The van der Waals surface area contributed by atoms with E-state index >= 15 is 0 Å². The average Bonchev–Trinajstić information content (AvgIpc) is 3.01. The summed E-state index contributed by atoms with van der Waals surface area (Å²) >= 11 is 6.03. The SMILES string of the molecule is CN1C(=O)Cc2cc(-c3cn4cc(N)c(Cl)cc4n3)ccc21. The van der Waals surface area contributed by atoms with Crippen LogP contribution in [0.1, 0.15) is 5.56 Å². The highest BCUT2D eigenvalue weighted by molar-refractivity contribution is 6.33. The summed E-state index contributed by atoms with van der Waals surface area (Å²) in [5, 5.41) is 0.492. The second kappa shape index (κ2) is 4.48. The van der Waals surface area contributed by atoms with Crippen molar-refractivity contribution in [1.29, 1.82) is 0 Å². The summed E-state index contributed by atoms with van der Waals surface area (Å²) in [6.45, 7) is 0. The number of carbonyl (C=O) groups excluding carboxylic acids is 1. The van der Waals surface area contributed by atoms with Crippen molar-refractivity contribution in [3.63, 3.8) is 0 Å². The summed E-state index contributed by atoms with van der Waals surface area (Å²) in [7, 11) is 1.80. The van der Waals surface area contributed by atoms with Gasteiger partial charge in [-0.2, -0.15) is 0 Å². The molecule has 0 saturated heterocycles. The van der Waals surface area contributed by atoms with Crippen LogP contribution in [0.5, 0.6) is 0 Å². The number of nitrogen functional groups attached to an aromatic ring is 1. The number of pyridine rings is 1. The number of hydrogen-bond donors (Lipinski definition) is 1. The van der Waals surface area contributed by atoms with E-state index in [1.807, 2.05) is 28.8 Å². The molecule has 0 unspecified atom stereocenters. The Morgan fingerprint density at radius 3 is 2.91 bits per heavy atom. The predicted molar refractivity (Wildman–Crippen MR) is 87.2 cm³/mol. The number of anilines is 2. The van der Waals surface area contributed by atoms with Gasteiger partial charge in [0.15, 0.2) is 0 Å². The van der Waals surface area contributed by atoms with Crippen molar-refractivity contribution in [3.8, 4) is 11.3 Å². The van der Waals surface area contributed by atoms with E-state index in [0.29, 0.717) is 17.1 Å². The molecule has 2 aromatic heterocycles. The molecule has 1 aliphatic heterocycles. The first-order chi connectivity index (χ1) is 10.5. The monoisotopic (exact) mass is 312 g/mol. The summed E-state index contributed by atoms with van der Waals surface area (Å²) < 4.78 is 1.85. The van der Waals surface area contributed by atoms with Gasteiger partial charge >= 0.3 is 0 Å². The van der Waals surface area contributed by atoms with Crippen LogP contribution in [0.15, 0.2) is 36.7 Å². The van der Waals surface area contributed by atoms with Gasteiger partial charge in [-0.1, -0.05) is 17.7 Å². The summed E-state index contributed by atoms with van der Waals surface area (Å²) in [6.07, 6.45) is 4.09. The van der Waals surface area contributed by atoms with Crippen LogP contribution in [0, 0.1) is 0 Å². The van der Waals surface area contributed by atoms with Gasteiger partial charge in [-0.25, -0.2) is 4.98 Å². The van der Waals surface area contributed by atoms with E-state index in [1.165, 1.54) is 0 Å². The molecule has 0 atom stereocenters. The first-order valence-corrected chi connectivity index (χ1v) is 7.24. The highest BCUT2D eigenvalue weighted by atomic mass is 35.5. The van der Waals surface area contributed by atoms with E-state index in [2.05, 4.69) is 4.98 Å². The Hall–Kier alpha value is -2.53. The van der Waals surface area contributed by atoms with Gasteiger partial charge in [-0.3, -0.25) is 4.79 Å². The molecule has 6 heteroatoms. The summed E-state index contributed by atoms with van der Waals surface area (Å²) in [6, 6.07) is 7.69. The Morgan fingerprint density at radius 1 is 1.27 bits per heavy atom. The number of hydrogen-bond acceptors (Lipinski definition) is 3. The van der Waals surface area contributed by atoms with Crippen LogP contribution in [0.2, 0.25) is 5.02 Å². The number of halogens is 1. The van der Waals surface area contributed by atoms with Crippen molar-refractivity contribution in [2.45, 2.75) is 6.42 Å². The number of nitrogens with zero attached hydrogens (tertiary/aromatic N) is 3. The topological polar surface area (TPSA) is 63.6 Å². The van der Waals surface area contributed by atoms with Crippen LogP contribution in [0.4, 0.5) is 11.4 Å². The van der Waals surface area contributed by atoms with Gasteiger partial charge in [-0.05, 0) is 17.7 Å². The third kappa shape index (κ3) is 1.86. The maximum atomic E-state index is 11.8. The molecular weight excluding hydrogens is 300 g/mol. The Morgan fingerprint density at radius 2 is 2.09 bits per heavy atom. The molecule has 0 fully saturated rings. The van der Waals surface area contributed by atoms with E-state index < -0.39 is 0 Å². The normalized spacial score (nSPS) is 13.9. The van der Waals surface area contributed by atoms with Crippen molar-refractivity contribution in [2.75, 3.05) is 17.7 Å². The van der Waals surface area contributed by atoms with E-state index in [1.54, 1.807) is 24.2 Å². The Balaban J connectivity index is 1.83. The number of benzene rings is 1. The van der Waals surface area contributed by atoms with Gasteiger partial charge in [0, 0.05) is 36.8 Å². The Labute approximate surface area is 131 Å². The van der Waals surface area contributed by atoms with E-state index in [9.17, 15) is 4.79 Å². The van der Waals surface area contributed by atoms with Crippen molar-refractivity contribution in [1.82, 2.24) is 9.38 Å². The molecule has 1 aliphatic rings. The summed E-state index contributed by atoms with van der Waals surface area (Å²) in [5.74, 6) is 0.113. The van der Waals surface area contributed by atoms with Gasteiger partial charge in [0.1, 0.15) is 5.65 Å². The standard InChI is InChI=1S/C16H13ClN4O/c1-20-14-3-2-9(4-10(14)5-16(20)22)13-8-21-7-12(18)11(17)6-15(21)19-13/h2-4,6-8H,5,18H2,1H3. The molecule has 4 rings (SSSR count). The first kappa shape index (κ1) is 13.2. The summed E-state index contributed by atoms with van der Waals surface area (Å²) in [5.41, 5.74) is 10.9. The van der Waals surface area contributed by atoms with Crippen molar-refractivity contribution < 1.29 is 4.79 Å². The average molecular weight is 313 g/mol. The van der Waals surface area contributed by atoms with Crippen molar-refractivity contribution in [3.05, 3.63) is 47.2 Å². The lowest BCUT2D eigenvalue weighted by Gasteiger charge is -2.09. The van der Waals surface area contributed by atoms with E-state index in [0.717, 1.165) is 28.2 Å². The predicted octanol–water partition coefficient (Wildman–Crippen LogP) is 2.76. The molecule has 0 saturated carbocycles. The minimum Gasteiger partial charge on any atom is -0.396 e. The number of imidazole rings is 1. The third-order valence-corrected chi connectivity index (χ3v) is 4.35. The lowest BCUT2D eigenvalue weighted by Crippen LogP contribution is -2.20. The zero-order chi connectivity index (χ0) is 15.4.